The molecule has 2 aromatic heterocycles. The standard InChI is InChI=1S/C16H22N4O3/c1-8-6-12-14(11(4)22-8)18-20(5)15(12)16(21)17-7-13-9(2)19-23-10(13)3/h8,11H,6-7H2,1-5H3,(H,17,21)/t8-,11+/m1/s1. The normalized spacial score (nSPS) is 20.4. The molecular formula is C16H22N4O3. The number of hydrogen-bond donors (Lipinski definition) is 1. The minimum Gasteiger partial charge on any atom is -0.369 e. The summed E-state index contributed by atoms with van der Waals surface area (Å²) in [4.78, 5) is 12.7. The number of carbonyl (C=O) groups is 1. The van der Waals surface area contributed by atoms with Crippen LogP contribution in [0.25, 0.3) is 0 Å². The molecule has 1 N–H and O–H groups in total. The van der Waals surface area contributed by atoms with Gasteiger partial charge in [-0.05, 0) is 27.7 Å². The molecule has 0 aliphatic carbocycles. The summed E-state index contributed by atoms with van der Waals surface area (Å²) in [5.41, 5.74) is 4.15. The van der Waals surface area contributed by atoms with E-state index in [4.69, 9.17) is 9.26 Å². The average molecular weight is 318 g/mol. The zero-order valence-corrected chi connectivity index (χ0v) is 14.1. The van der Waals surface area contributed by atoms with Gasteiger partial charge >= 0.3 is 0 Å². The van der Waals surface area contributed by atoms with Crippen LogP contribution in [0.2, 0.25) is 0 Å². The SMILES string of the molecule is Cc1noc(C)c1CNC(=O)c1c2c(nn1C)[C@H](C)O[C@H](C)C2. The third-order valence-electron chi connectivity index (χ3n) is 4.31. The van der Waals surface area contributed by atoms with Gasteiger partial charge in [0.15, 0.2) is 0 Å². The predicted molar refractivity (Wildman–Crippen MR) is 83.0 cm³/mol. The van der Waals surface area contributed by atoms with Gasteiger partial charge in [0.2, 0.25) is 0 Å². The maximum Gasteiger partial charge on any atom is 0.270 e. The summed E-state index contributed by atoms with van der Waals surface area (Å²) in [7, 11) is 1.79. The highest BCUT2D eigenvalue weighted by molar-refractivity contribution is 5.94. The first-order valence-corrected chi connectivity index (χ1v) is 7.79. The first-order chi connectivity index (χ1) is 10.9. The Hall–Kier alpha value is -2.15. The van der Waals surface area contributed by atoms with Crippen molar-refractivity contribution >= 4 is 5.91 Å². The van der Waals surface area contributed by atoms with Crippen molar-refractivity contribution in [3.63, 3.8) is 0 Å². The molecule has 0 aromatic carbocycles. The average Bonchev–Trinajstić information content (AvgIpc) is 2.97. The molecular weight excluding hydrogens is 296 g/mol. The molecule has 0 radical (unpaired) electrons. The Bertz CT molecular complexity index is 727. The van der Waals surface area contributed by atoms with Crippen LogP contribution in [0.3, 0.4) is 0 Å². The smallest absolute Gasteiger partial charge is 0.270 e. The number of aromatic nitrogens is 3. The third-order valence-corrected chi connectivity index (χ3v) is 4.31. The monoisotopic (exact) mass is 318 g/mol. The van der Waals surface area contributed by atoms with Crippen molar-refractivity contribution in [2.75, 3.05) is 0 Å². The summed E-state index contributed by atoms with van der Waals surface area (Å²) < 4.78 is 12.6. The van der Waals surface area contributed by atoms with E-state index in [0.29, 0.717) is 18.7 Å². The highest BCUT2D eigenvalue weighted by atomic mass is 16.5. The minimum absolute atomic E-state index is 0.0795. The number of aryl methyl sites for hydroxylation is 3. The molecule has 0 bridgehead atoms. The van der Waals surface area contributed by atoms with Crippen LogP contribution in [0, 0.1) is 13.8 Å². The van der Waals surface area contributed by atoms with E-state index >= 15 is 0 Å². The second-order valence-corrected chi connectivity index (χ2v) is 6.11. The van der Waals surface area contributed by atoms with Crippen molar-refractivity contribution in [1.29, 1.82) is 0 Å². The lowest BCUT2D eigenvalue weighted by atomic mass is 9.99. The van der Waals surface area contributed by atoms with E-state index in [1.165, 1.54) is 0 Å². The molecule has 1 aliphatic heterocycles. The second-order valence-electron chi connectivity index (χ2n) is 6.11. The predicted octanol–water partition coefficient (Wildman–Crippen LogP) is 1.98. The van der Waals surface area contributed by atoms with Gasteiger partial charge in [-0.2, -0.15) is 5.10 Å². The van der Waals surface area contributed by atoms with Crippen molar-refractivity contribution in [3.05, 3.63) is 34.0 Å². The first kappa shape index (κ1) is 15.7. The van der Waals surface area contributed by atoms with Crippen LogP contribution in [0.4, 0.5) is 0 Å². The topological polar surface area (TPSA) is 82.2 Å². The van der Waals surface area contributed by atoms with Gasteiger partial charge in [0.1, 0.15) is 11.5 Å². The van der Waals surface area contributed by atoms with Crippen LogP contribution < -0.4 is 5.32 Å². The van der Waals surface area contributed by atoms with E-state index in [1.807, 2.05) is 27.7 Å². The molecule has 0 fully saturated rings. The summed E-state index contributed by atoms with van der Waals surface area (Å²) >= 11 is 0. The molecule has 3 rings (SSSR count). The van der Waals surface area contributed by atoms with Crippen LogP contribution in [-0.4, -0.2) is 26.9 Å². The Kier molecular flexibility index (Phi) is 3.97. The lowest BCUT2D eigenvalue weighted by Crippen LogP contribution is -2.28. The van der Waals surface area contributed by atoms with Crippen LogP contribution in [0.1, 0.15) is 58.7 Å². The number of carbonyl (C=O) groups excluding carboxylic acids is 1. The van der Waals surface area contributed by atoms with Gasteiger partial charge in [-0.1, -0.05) is 5.16 Å². The van der Waals surface area contributed by atoms with Gasteiger partial charge < -0.3 is 14.6 Å². The van der Waals surface area contributed by atoms with Crippen molar-refractivity contribution < 1.29 is 14.1 Å². The van der Waals surface area contributed by atoms with E-state index in [0.717, 1.165) is 28.3 Å². The highest BCUT2D eigenvalue weighted by Crippen LogP contribution is 2.31. The van der Waals surface area contributed by atoms with Gasteiger partial charge in [0.05, 0.1) is 23.6 Å². The van der Waals surface area contributed by atoms with E-state index in [-0.39, 0.29) is 18.1 Å². The molecule has 7 nitrogen and oxygen atoms in total. The summed E-state index contributed by atoms with van der Waals surface area (Å²) in [6, 6.07) is 0. The number of hydrogen-bond acceptors (Lipinski definition) is 5. The number of rotatable bonds is 3. The molecule has 7 heteroatoms. The molecule has 0 unspecified atom stereocenters. The first-order valence-electron chi connectivity index (χ1n) is 7.79. The lowest BCUT2D eigenvalue weighted by Gasteiger charge is -2.24. The number of ether oxygens (including phenoxy) is 1. The maximum absolute atomic E-state index is 12.7. The highest BCUT2D eigenvalue weighted by Gasteiger charge is 2.31. The van der Waals surface area contributed by atoms with E-state index in [1.54, 1.807) is 11.7 Å². The summed E-state index contributed by atoms with van der Waals surface area (Å²) in [6.07, 6.45) is 0.682. The molecule has 2 aromatic rings. The number of nitrogens with zero attached hydrogens (tertiary/aromatic N) is 3. The molecule has 23 heavy (non-hydrogen) atoms. The fraction of sp³-hybridized carbons (Fsp3) is 0.562. The van der Waals surface area contributed by atoms with Crippen LogP contribution in [0.15, 0.2) is 4.52 Å². The van der Waals surface area contributed by atoms with Crippen LogP contribution in [-0.2, 0) is 24.8 Å². The number of nitrogens with one attached hydrogen (secondary N) is 1. The Balaban J connectivity index is 1.83. The Morgan fingerprint density at radius 3 is 2.78 bits per heavy atom. The van der Waals surface area contributed by atoms with Crippen molar-refractivity contribution in [2.45, 2.75) is 52.9 Å². The van der Waals surface area contributed by atoms with Crippen molar-refractivity contribution in [2.24, 2.45) is 7.05 Å². The van der Waals surface area contributed by atoms with Crippen LogP contribution in [0.5, 0.6) is 0 Å². The fourth-order valence-electron chi connectivity index (χ4n) is 3.16. The molecule has 0 saturated carbocycles. The minimum atomic E-state index is -0.137. The molecule has 1 amide bonds. The van der Waals surface area contributed by atoms with Gasteiger partial charge in [-0.25, -0.2) is 0 Å². The number of amides is 1. The quantitative estimate of drug-likeness (QED) is 0.935. The molecule has 124 valence electrons. The van der Waals surface area contributed by atoms with E-state index in [2.05, 4.69) is 15.6 Å². The molecule has 3 heterocycles. The Morgan fingerprint density at radius 1 is 1.39 bits per heavy atom. The molecule has 0 saturated heterocycles. The van der Waals surface area contributed by atoms with Crippen LogP contribution >= 0.6 is 0 Å². The Morgan fingerprint density at radius 2 is 2.13 bits per heavy atom. The molecule has 1 aliphatic rings. The van der Waals surface area contributed by atoms with Gasteiger partial charge in [0, 0.05) is 31.1 Å². The van der Waals surface area contributed by atoms with Gasteiger partial charge in [-0.15, -0.1) is 0 Å². The lowest BCUT2D eigenvalue weighted by molar-refractivity contribution is -0.00710. The zero-order chi connectivity index (χ0) is 16.7. The molecule has 2 atom stereocenters. The van der Waals surface area contributed by atoms with Gasteiger partial charge in [0.25, 0.3) is 5.91 Å². The number of fused-ring (bicyclic) bond motifs is 1. The fourth-order valence-corrected chi connectivity index (χ4v) is 3.16. The summed E-state index contributed by atoms with van der Waals surface area (Å²) in [5.74, 6) is 0.591. The third kappa shape index (κ3) is 2.76. The second kappa shape index (κ2) is 5.81. The van der Waals surface area contributed by atoms with E-state index in [9.17, 15) is 4.79 Å². The molecule has 0 spiro atoms. The Labute approximate surface area is 135 Å². The van der Waals surface area contributed by atoms with E-state index < -0.39 is 0 Å². The van der Waals surface area contributed by atoms with Gasteiger partial charge in [-0.3, -0.25) is 9.48 Å². The van der Waals surface area contributed by atoms with Crippen molar-refractivity contribution in [1.82, 2.24) is 20.3 Å². The largest absolute Gasteiger partial charge is 0.369 e. The summed E-state index contributed by atoms with van der Waals surface area (Å²) in [5, 5.41) is 11.3. The zero-order valence-electron chi connectivity index (χ0n) is 14.1. The summed E-state index contributed by atoms with van der Waals surface area (Å²) in [6.45, 7) is 8.07. The maximum atomic E-state index is 12.7. The van der Waals surface area contributed by atoms with Crippen molar-refractivity contribution in [3.8, 4) is 0 Å².